The summed E-state index contributed by atoms with van der Waals surface area (Å²) >= 11 is 5.79. The topological polar surface area (TPSA) is 49.3 Å². The Morgan fingerprint density at radius 2 is 2.14 bits per heavy atom. The molecule has 1 heterocycles. The number of nitrogens with one attached hydrogen (secondary N) is 2. The molecule has 0 aromatic carbocycles. The van der Waals surface area contributed by atoms with Crippen molar-refractivity contribution in [3.05, 3.63) is 29.0 Å². The number of nitrogens with zero attached hydrogens (tertiary/aromatic N) is 2. The first kappa shape index (κ1) is 16.1. The van der Waals surface area contributed by atoms with Gasteiger partial charge in [-0.3, -0.25) is 0 Å². The molecule has 1 aliphatic rings. The standard InChI is InChI=1S/C16H25ClN4/c1-3-16(8-5-9-16)12-21-15(18-4-2)20-11-13-6-7-14(17)19-10-13/h6-7,10H,3-5,8-9,11-12H2,1-2H3,(H2,18,20,21). The maximum absolute atomic E-state index is 5.79. The Kier molecular flexibility index (Phi) is 5.85. The second-order valence-electron chi connectivity index (χ2n) is 5.74. The van der Waals surface area contributed by atoms with Crippen molar-refractivity contribution in [2.45, 2.75) is 46.1 Å². The number of hydrogen-bond acceptors (Lipinski definition) is 2. The van der Waals surface area contributed by atoms with Crippen molar-refractivity contribution in [2.75, 3.05) is 13.1 Å². The van der Waals surface area contributed by atoms with Gasteiger partial charge in [0.1, 0.15) is 5.15 Å². The monoisotopic (exact) mass is 308 g/mol. The van der Waals surface area contributed by atoms with Crippen LogP contribution >= 0.6 is 11.6 Å². The summed E-state index contributed by atoms with van der Waals surface area (Å²) in [6, 6.07) is 3.76. The van der Waals surface area contributed by atoms with Crippen LogP contribution in [0.4, 0.5) is 0 Å². The van der Waals surface area contributed by atoms with Crippen LogP contribution in [0.5, 0.6) is 0 Å². The van der Waals surface area contributed by atoms with Crippen LogP contribution in [-0.2, 0) is 6.54 Å². The van der Waals surface area contributed by atoms with E-state index in [2.05, 4.69) is 34.5 Å². The van der Waals surface area contributed by atoms with Crippen molar-refractivity contribution in [2.24, 2.45) is 10.4 Å². The molecule has 116 valence electrons. The predicted octanol–water partition coefficient (Wildman–Crippen LogP) is 3.37. The van der Waals surface area contributed by atoms with Gasteiger partial charge in [0.25, 0.3) is 0 Å². The van der Waals surface area contributed by atoms with E-state index in [4.69, 9.17) is 11.6 Å². The molecule has 0 atom stereocenters. The zero-order valence-electron chi connectivity index (χ0n) is 13.0. The lowest BCUT2D eigenvalue weighted by Crippen LogP contribution is -2.46. The molecule has 2 rings (SSSR count). The van der Waals surface area contributed by atoms with Crippen molar-refractivity contribution >= 4 is 17.6 Å². The minimum absolute atomic E-state index is 0.484. The highest BCUT2D eigenvalue weighted by molar-refractivity contribution is 6.29. The molecule has 0 spiro atoms. The van der Waals surface area contributed by atoms with Gasteiger partial charge in [-0.1, -0.05) is 31.0 Å². The molecule has 1 aliphatic carbocycles. The van der Waals surface area contributed by atoms with E-state index in [-0.39, 0.29) is 0 Å². The van der Waals surface area contributed by atoms with Gasteiger partial charge in [0.2, 0.25) is 0 Å². The van der Waals surface area contributed by atoms with Crippen molar-refractivity contribution in [1.29, 1.82) is 0 Å². The van der Waals surface area contributed by atoms with Crippen LogP contribution in [0.15, 0.2) is 23.3 Å². The third-order valence-corrected chi connectivity index (χ3v) is 4.57. The zero-order valence-corrected chi connectivity index (χ0v) is 13.7. The second-order valence-corrected chi connectivity index (χ2v) is 6.13. The summed E-state index contributed by atoms with van der Waals surface area (Å²) in [5.74, 6) is 0.882. The van der Waals surface area contributed by atoms with Gasteiger partial charge in [0.15, 0.2) is 5.96 Å². The molecule has 2 N–H and O–H groups in total. The molecule has 21 heavy (non-hydrogen) atoms. The van der Waals surface area contributed by atoms with Crippen LogP contribution in [-0.4, -0.2) is 24.0 Å². The zero-order chi connectivity index (χ0) is 15.1. The van der Waals surface area contributed by atoms with Crippen LogP contribution in [0.3, 0.4) is 0 Å². The SMILES string of the molecule is CCNC(=NCc1ccc(Cl)nc1)NCC1(CC)CCC1. The minimum Gasteiger partial charge on any atom is -0.357 e. The molecule has 0 aliphatic heterocycles. The Balaban J connectivity index is 1.90. The predicted molar refractivity (Wildman–Crippen MR) is 88.6 cm³/mol. The van der Waals surface area contributed by atoms with Gasteiger partial charge in [-0.05, 0) is 43.2 Å². The fraction of sp³-hybridized carbons (Fsp3) is 0.625. The van der Waals surface area contributed by atoms with E-state index in [9.17, 15) is 0 Å². The van der Waals surface area contributed by atoms with Crippen molar-refractivity contribution < 1.29 is 0 Å². The van der Waals surface area contributed by atoms with Crippen molar-refractivity contribution in [3.63, 3.8) is 0 Å². The Labute approximate surface area is 132 Å². The van der Waals surface area contributed by atoms with Crippen molar-refractivity contribution in [3.8, 4) is 0 Å². The van der Waals surface area contributed by atoms with E-state index in [1.165, 1.54) is 25.7 Å². The summed E-state index contributed by atoms with van der Waals surface area (Å²) in [6.07, 6.45) is 7.03. The summed E-state index contributed by atoms with van der Waals surface area (Å²) in [7, 11) is 0. The van der Waals surface area contributed by atoms with E-state index in [1.807, 2.05) is 6.07 Å². The van der Waals surface area contributed by atoms with Gasteiger partial charge < -0.3 is 10.6 Å². The van der Waals surface area contributed by atoms with Gasteiger partial charge in [0, 0.05) is 19.3 Å². The first-order chi connectivity index (χ1) is 10.2. The Bertz CT molecular complexity index is 460. The molecule has 1 aromatic heterocycles. The third-order valence-electron chi connectivity index (χ3n) is 4.35. The summed E-state index contributed by atoms with van der Waals surface area (Å²) in [6.45, 7) is 6.85. The van der Waals surface area contributed by atoms with Crippen LogP contribution in [0, 0.1) is 5.41 Å². The summed E-state index contributed by atoms with van der Waals surface area (Å²) < 4.78 is 0. The lowest BCUT2D eigenvalue weighted by atomic mass is 9.67. The lowest BCUT2D eigenvalue weighted by molar-refractivity contribution is 0.131. The number of rotatable bonds is 6. The molecular weight excluding hydrogens is 284 g/mol. The average Bonchev–Trinajstić information content (AvgIpc) is 2.45. The Hall–Kier alpha value is -1.29. The van der Waals surface area contributed by atoms with Crippen molar-refractivity contribution in [1.82, 2.24) is 15.6 Å². The maximum atomic E-state index is 5.79. The molecule has 5 heteroatoms. The molecule has 0 unspecified atom stereocenters. The fourth-order valence-electron chi connectivity index (χ4n) is 2.62. The molecule has 0 radical (unpaired) electrons. The molecule has 0 amide bonds. The number of halogens is 1. The second kappa shape index (κ2) is 7.64. The number of hydrogen-bond donors (Lipinski definition) is 2. The van der Waals surface area contributed by atoms with E-state index in [1.54, 1.807) is 12.3 Å². The van der Waals surface area contributed by atoms with Gasteiger partial charge in [-0.25, -0.2) is 9.98 Å². The normalized spacial score (nSPS) is 17.2. The minimum atomic E-state index is 0.484. The van der Waals surface area contributed by atoms with E-state index >= 15 is 0 Å². The lowest BCUT2D eigenvalue weighted by Gasteiger charge is -2.41. The molecule has 0 saturated heterocycles. The average molecular weight is 309 g/mol. The number of pyridine rings is 1. The maximum Gasteiger partial charge on any atom is 0.191 e. The summed E-state index contributed by atoms with van der Waals surface area (Å²) in [5, 5.41) is 7.31. The van der Waals surface area contributed by atoms with E-state index in [0.717, 1.165) is 24.6 Å². The number of aromatic nitrogens is 1. The highest BCUT2D eigenvalue weighted by atomic mass is 35.5. The molecule has 4 nitrogen and oxygen atoms in total. The molecule has 1 saturated carbocycles. The molecule has 1 fully saturated rings. The van der Waals surface area contributed by atoms with Crippen LogP contribution < -0.4 is 10.6 Å². The smallest absolute Gasteiger partial charge is 0.191 e. The fourth-order valence-corrected chi connectivity index (χ4v) is 2.73. The molecular formula is C16H25ClN4. The van der Waals surface area contributed by atoms with Crippen LogP contribution in [0.25, 0.3) is 0 Å². The van der Waals surface area contributed by atoms with Gasteiger partial charge in [0.05, 0.1) is 6.54 Å². The highest BCUT2D eigenvalue weighted by Crippen LogP contribution is 2.42. The van der Waals surface area contributed by atoms with Gasteiger partial charge >= 0.3 is 0 Å². The Morgan fingerprint density at radius 3 is 2.67 bits per heavy atom. The first-order valence-corrected chi connectivity index (χ1v) is 8.18. The van der Waals surface area contributed by atoms with Gasteiger partial charge in [-0.15, -0.1) is 0 Å². The summed E-state index contributed by atoms with van der Waals surface area (Å²) in [5.41, 5.74) is 1.54. The van der Waals surface area contributed by atoms with E-state index < -0.39 is 0 Å². The molecule has 0 bridgehead atoms. The largest absolute Gasteiger partial charge is 0.357 e. The third kappa shape index (κ3) is 4.60. The van der Waals surface area contributed by atoms with Gasteiger partial charge in [-0.2, -0.15) is 0 Å². The highest BCUT2D eigenvalue weighted by Gasteiger charge is 2.34. The van der Waals surface area contributed by atoms with Crippen LogP contribution in [0.2, 0.25) is 5.15 Å². The van der Waals surface area contributed by atoms with E-state index in [0.29, 0.717) is 17.1 Å². The summed E-state index contributed by atoms with van der Waals surface area (Å²) in [4.78, 5) is 8.70. The van der Waals surface area contributed by atoms with Crippen LogP contribution in [0.1, 0.15) is 45.1 Å². The quantitative estimate of drug-likeness (QED) is 0.481. The first-order valence-electron chi connectivity index (χ1n) is 7.80. The number of guanidine groups is 1. The number of aliphatic imine (C=N–C) groups is 1. The Morgan fingerprint density at radius 1 is 1.33 bits per heavy atom. The molecule has 1 aromatic rings.